The van der Waals surface area contributed by atoms with Crippen LogP contribution in [0.15, 0.2) is 36.7 Å². The zero-order chi connectivity index (χ0) is 23.5. The highest BCUT2D eigenvalue weighted by molar-refractivity contribution is 5.25. The molecule has 0 amide bonds. The Kier molecular flexibility index (Phi) is 7.52. The van der Waals surface area contributed by atoms with Gasteiger partial charge in [0.25, 0.3) is 0 Å². The monoisotopic (exact) mass is 450 g/mol. The first-order chi connectivity index (χ1) is 15.8. The molecule has 0 radical (unpaired) electrons. The van der Waals surface area contributed by atoms with Gasteiger partial charge in [-0.1, -0.05) is 39.8 Å². The molecule has 2 aromatic heterocycles. The number of aliphatic hydroxyl groups is 1. The first kappa shape index (κ1) is 24.3. The Balaban J connectivity index is 1.27. The van der Waals surface area contributed by atoms with Crippen LogP contribution >= 0.6 is 0 Å². The number of rotatable bonds is 7. The number of aromatic nitrogens is 2. The van der Waals surface area contributed by atoms with Gasteiger partial charge in [0, 0.05) is 42.4 Å². The van der Waals surface area contributed by atoms with Crippen molar-refractivity contribution in [2.75, 3.05) is 32.7 Å². The molecule has 4 heterocycles. The van der Waals surface area contributed by atoms with Crippen LogP contribution in [0.4, 0.5) is 0 Å². The van der Waals surface area contributed by atoms with E-state index in [1.54, 1.807) is 0 Å². The maximum Gasteiger partial charge on any atom is 0.0935 e. The van der Waals surface area contributed by atoms with Crippen molar-refractivity contribution in [2.45, 2.75) is 82.7 Å². The van der Waals surface area contributed by atoms with Gasteiger partial charge in [-0.15, -0.1) is 0 Å². The molecule has 2 aliphatic heterocycles. The van der Waals surface area contributed by atoms with Gasteiger partial charge < -0.3 is 15.3 Å². The van der Waals surface area contributed by atoms with Crippen molar-refractivity contribution in [3.8, 4) is 0 Å². The predicted octanol–water partition coefficient (Wildman–Crippen LogP) is 4.72. The largest absolute Gasteiger partial charge is 0.385 e. The summed E-state index contributed by atoms with van der Waals surface area (Å²) >= 11 is 0. The minimum Gasteiger partial charge on any atom is -0.385 e. The molecule has 33 heavy (non-hydrogen) atoms. The molecule has 0 aromatic carbocycles. The molecule has 180 valence electrons. The molecular weight excluding hydrogens is 408 g/mol. The van der Waals surface area contributed by atoms with E-state index in [1.165, 1.54) is 24.1 Å². The van der Waals surface area contributed by atoms with E-state index in [1.807, 2.05) is 6.20 Å². The van der Waals surface area contributed by atoms with Gasteiger partial charge in [-0.25, -0.2) is 0 Å². The van der Waals surface area contributed by atoms with Crippen LogP contribution in [-0.2, 0) is 11.0 Å². The smallest absolute Gasteiger partial charge is 0.0935 e. The first-order valence-electron chi connectivity index (χ1n) is 12.9. The number of nitrogens with zero attached hydrogens (tertiary/aromatic N) is 3. The molecule has 0 aliphatic carbocycles. The van der Waals surface area contributed by atoms with E-state index >= 15 is 0 Å². The van der Waals surface area contributed by atoms with E-state index in [2.05, 4.69) is 73.4 Å². The van der Waals surface area contributed by atoms with Crippen LogP contribution in [-0.4, -0.2) is 52.7 Å². The lowest BCUT2D eigenvalue weighted by Crippen LogP contribution is -2.43. The summed E-state index contributed by atoms with van der Waals surface area (Å²) in [6.07, 6.45) is 9.00. The van der Waals surface area contributed by atoms with Crippen molar-refractivity contribution in [3.63, 3.8) is 0 Å². The SMILES string of the molecule is CC(C)c1ccc(C2(O)CCN(CCC(C)c3ccc(C4(C)CCNCC4)cn3)CC2)cn1. The number of likely N-dealkylation sites (tertiary alicyclic amines) is 1. The normalized spacial score (nSPS) is 21.8. The lowest BCUT2D eigenvalue weighted by Gasteiger charge is -2.38. The van der Waals surface area contributed by atoms with Gasteiger partial charge in [-0.05, 0) is 86.7 Å². The molecule has 4 rings (SSSR count). The maximum absolute atomic E-state index is 11.2. The summed E-state index contributed by atoms with van der Waals surface area (Å²) in [5, 5.41) is 14.7. The topological polar surface area (TPSA) is 61.3 Å². The minimum absolute atomic E-state index is 0.259. The lowest BCUT2D eigenvalue weighted by molar-refractivity contribution is -0.0265. The van der Waals surface area contributed by atoms with E-state index in [4.69, 9.17) is 4.98 Å². The van der Waals surface area contributed by atoms with Crippen molar-refractivity contribution in [2.24, 2.45) is 0 Å². The Labute approximate surface area is 200 Å². The number of nitrogens with one attached hydrogen (secondary N) is 1. The highest BCUT2D eigenvalue weighted by atomic mass is 16.3. The number of pyridine rings is 2. The Morgan fingerprint density at radius 2 is 1.52 bits per heavy atom. The molecule has 5 heteroatoms. The third-order valence-corrected chi connectivity index (χ3v) is 8.17. The third kappa shape index (κ3) is 5.64. The maximum atomic E-state index is 11.2. The Hall–Kier alpha value is -1.82. The first-order valence-corrected chi connectivity index (χ1v) is 12.9. The van der Waals surface area contributed by atoms with Crippen molar-refractivity contribution in [1.82, 2.24) is 20.2 Å². The van der Waals surface area contributed by atoms with Gasteiger partial charge in [-0.2, -0.15) is 0 Å². The van der Waals surface area contributed by atoms with Crippen molar-refractivity contribution >= 4 is 0 Å². The van der Waals surface area contributed by atoms with E-state index in [-0.39, 0.29) is 5.41 Å². The number of hydrogen-bond donors (Lipinski definition) is 2. The summed E-state index contributed by atoms with van der Waals surface area (Å²) in [7, 11) is 0. The molecule has 1 atom stereocenters. The highest BCUT2D eigenvalue weighted by Crippen LogP contribution is 2.34. The van der Waals surface area contributed by atoms with Crippen molar-refractivity contribution in [3.05, 3.63) is 59.2 Å². The number of piperidine rings is 2. The minimum atomic E-state index is -0.743. The fourth-order valence-electron chi connectivity index (χ4n) is 5.30. The zero-order valence-corrected chi connectivity index (χ0v) is 21.0. The van der Waals surface area contributed by atoms with Gasteiger partial charge in [-0.3, -0.25) is 9.97 Å². The summed E-state index contributed by atoms with van der Waals surface area (Å²) in [5.74, 6) is 0.851. The quantitative estimate of drug-likeness (QED) is 0.639. The second kappa shape index (κ2) is 10.2. The Morgan fingerprint density at radius 1 is 0.909 bits per heavy atom. The van der Waals surface area contributed by atoms with Crippen LogP contribution in [0.1, 0.15) is 94.1 Å². The van der Waals surface area contributed by atoms with Gasteiger partial charge in [0.15, 0.2) is 0 Å². The van der Waals surface area contributed by atoms with Gasteiger partial charge in [0.1, 0.15) is 0 Å². The summed E-state index contributed by atoms with van der Waals surface area (Å²) in [6, 6.07) is 8.69. The van der Waals surface area contributed by atoms with E-state index in [9.17, 15) is 5.11 Å². The molecule has 1 unspecified atom stereocenters. The highest BCUT2D eigenvalue weighted by Gasteiger charge is 2.34. The van der Waals surface area contributed by atoms with Crippen LogP contribution in [0.25, 0.3) is 0 Å². The molecule has 2 N–H and O–H groups in total. The van der Waals surface area contributed by atoms with Gasteiger partial charge >= 0.3 is 0 Å². The van der Waals surface area contributed by atoms with Crippen LogP contribution < -0.4 is 5.32 Å². The van der Waals surface area contributed by atoms with Crippen LogP contribution in [0, 0.1) is 0 Å². The molecule has 2 aromatic rings. The Bertz CT molecular complexity index is 879. The van der Waals surface area contributed by atoms with E-state index in [0.29, 0.717) is 11.8 Å². The van der Waals surface area contributed by atoms with Crippen LogP contribution in [0.5, 0.6) is 0 Å². The summed E-state index contributed by atoms with van der Waals surface area (Å²) < 4.78 is 0. The average molecular weight is 451 g/mol. The summed E-state index contributed by atoms with van der Waals surface area (Å²) in [6.45, 7) is 14.1. The molecule has 2 aliphatic rings. The zero-order valence-electron chi connectivity index (χ0n) is 21.0. The molecular formula is C28H42N4O. The van der Waals surface area contributed by atoms with Crippen LogP contribution in [0.2, 0.25) is 0 Å². The standard InChI is InChI=1S/C28H42N4O/c1-21(2)25-7-6-24(20-30-25)28(33)12-17-32(18-13-28)16-9-22(3)26-8-5-23(19-31-26)27(4)10-14-29-15-11-27/h5-8,19-22,29,33H,9-18H2,1-4H3. The fraction of sp³-hybridized carbons (Fsp3) is 0.643. The average Bonchev–Trinajstić information content (AvgIpc) is 2.84. The second-order valence-corrected chi connectivity index (χ2v) is 11.0. The van der Waals surface area contributed by atoms with Gasteiger partial charge in [0.05, 0.1) is 5.60 Å². The van der Waals surface area contributed by atoms with E-state index < -0.39 is 5.60 Å². The Morgan fingerprint density at radius 3 is 2.09 bits per heavy atom. The third-order valence-electron chi connectivity index (χ3n) is 8.17. The van der Waals surface area contributed by atoms with Crippen LogP contribution in [0.3, 0.4) is 0 Å². The molecule has 2 fully saturated rings. The molecule has 5 nitrogen and oxygen atoms in total. The lowest BCUT2D eigenvalue weighted by atomic mass is 9.75. The predicted molar refractivity (Wildman–Crippen MR) is 135 cm³/mol. The summed E-state index contributed by atoms with van der Waals surface area (Å²) in [4.78, 5) is 11.9. The van der Waals surface area contributed by atoms with Crippen molar-refractivity contribution in [1.29, 1.82) is 0 Å². The van der Waals surface area contributed by atoms with E-state index in [0.717, 1.165) is 63.2 Å². The number of hydrogen-bond acceptors (Lipinski definition) is 5. The second-order valence-electron chi connectivity index (χ2n) is 11.0. The fourth-order valence-corrected chi connectivity index (χ4v) is 5.30. The molecule has 0 saturated carbocycles. The molecule has 0 bridgehead atoms. The molecule has 2 saturated heterocycles. The summed E-state index contributed by atoms with van der Waals surface area (Å²) in [5.41, 5.74) is 4.14. The molecule has 0 spiro atoms. The van der Waals surface area contributed by atoms with Crippen molar-refractivity contribution < 1.29 is 5.11 Å². The van der Waals surface area contributed by atoms with Gasteiger partial charge in [0.2, 0.25) is 0 Å².